The van der Waals surface area contributed by atoms with Crippen molar-refractivity contribution in [1.82, 2.24) is 4.90 Å². The highest BCUT2D eigenvalue weighted by molar-refractivity contribution is 8.00. The molecule has 7 heteroatoms. The van der Waals surface area contributed by atoms with Crippen LogP contribution in [0.4, 0.5) is 0 Å². The molecule has 3 aliphatic heterocycles. The zero-order chi connectivity index (χ0) is 14.5. The van der Waals surface area contributed by atoms with E-state index in [0.717, 1.165) is 29.7 Å². The molecule has 2 atom stereocenters. The molecule has 0 radical (unpaired) electrons. The SMILES string of the molecule is C[N+]1(CC2=C(C(=O)O)N3C(=O)C(N)[C@H]3SC2)CCCC1. The topological polar surface area (TPSA) is 83.6 Å². The average molecular weight is 298 g/mol. The largest absolute Gasteiger partial charge is 0.477 e. The summed E-state index contributed by atoms with van der Waals surface area (Å²) in [5.74, 6) is -0.602. The first-order chi connectivity index (χ1) is 9.43. The second-order valence-corrected chi connectivity index (χ2v) is 7.23. The number of β-lactam (4-membered cyclic amide) rings is 1. The highest BCUT2D eigenvalue weighted by Crippen LogP contribution is 2.40. The number of nitrogens with zero attached hydrogens (tertiary/aromatic N) is 2. The highest BCUT2D eigenvalue weighted by Gasteiger charge is 2.52. The number of aliphatic carboxylic acids is 1. The Balaban J connectivity index is 1.90. The van der Waals surface area contributed by atoms with Crippen LogP contribution in [0.5, 0.6) is 0 Å². The average Bonchev–Trinajstić information content (AvgIpc) is 2.83. The lowest BCUT2D eigenvalue weighted by molar-refractivity contribution is -0.893. The molecule has 110 valence electrons. The molecule has 3 heterocycles. The van der Waals surface area contributed by atoms with E-state index in [0.29, 0.717) is 5.75 Å². The van der Waals surface area contributed by atoms with E-state index < -0.39 is 12.0 Å². The van der Waals surface area contributed by atoms with Crippen LogP contribution in [0, 0.1) is 0 Å². The van der Waals surface area contributed by atoms with Crippen LogP contribution < -0.4 is 5.73 Å². The summed E-state index contributed by atoms with van der Waals surface area (Å²) >= 11 is 1.59. The van der Waals surface area contributed by atoms with Gasteiger partial charge in [0.15, 0.2) is 0 Å². The van der Waals surface area contributed by atoms with E-state index in [2.05, 4.69) is 7.05 Å². The molecule has 1 unspecified atom stereocenters. The number of hydrogen-bond acceptors (Lipinski definition) is 4. The van der Waals surface area contributed by atoms with Gasteiger partial charge in [-0.2, -0.15) is 0 Å². The van der Waals surface area contributed by atoms with E-state index in [1.165, 1.54) is 17.7 Å². The fraction of sp³-hybridized carbons (Fsp3) is 0.692. The molecule has 0 aromatic rings. The minimum atomic E-state index is -1.00. The van der Waals surface area contributed by atoms with Crippen molar-refractivity contribution in [2.24, 2.45) is 5.73 Å². The molecule has 3 N–H and O–H groups in total. The van der Waals surface area contributed by atoms with Gasteiger partial charge in [-0.25, -0.2) is 4.79 Å². The Labute approximate surface area is 122 Å². The van der Waals surface area contributed by atoms with Gasteiger partial charge in [0.1, 0.15) is 23.7 Å². The van der Waals surface area contributed by atoms with Crippen molar-refractivity contribution in [2.75, 3.05) is 32.4 Å². The zero-order valence-electron chi connectivity index (χ0n) is 11.5. The predicted molar refractivity (Wildman–Crippen MR) is 75.7 cm³/mol. The van der Waals surface area contributed by atoms with Crippen LogP contribution in [-0.2, 0) is 9.59 Å². The molecule has 1 amide bonds. The first-order valence-corrected chi connectivity index (χ1v) is 7.97. The summed E-state index contributed by atoms with van der Waals surface area (Å²) in [4.78, 5) is 24.8. The van der Waals surface area contributed by atoms with Crippen molar-refractivity contribution in [3.8, 4) is 0 Å². The molecule has 0 aromatic heterocycles. The molecule has 2 fully saturated rings. The van der Waals surface area contributed by atoms with E-state index in [1.807, 2.05) is 0 Å². The second kappa shape index (κ2) is 4.75. The Morgan fingerprint density at radius 3 is 2.75 bits per heavy atom. The summed E-state index contributed by atoms with van der Waals surface area (Å²) in [5, 5.41) is 9.29. The monoisotopic (exact) mass is 298 g/mol. The van der Waals surface area contributed by atoms with E-state index in [-0.39, 0.29) is 17.0 Å². The quantitative estimate of drug-likeness (QED) is 0.557. The Morgan fingerprint density at radius 2 is 2.15 bits per heavy atom. The van der Waals surface area contributed by atoms with Crippen molar-refractivity contribution in [2.45, 2.75) is 24.3 Å². The van der Waals surface area contributed by atoms with Crippen molar-refractivity contribution < 1.29 is 19.2 Å². The van der Waals surface area contributed by atoms with Gasteiger partial charge in [-0.1, -0.05) is 0 Å². The number of hydrogen-bond donors (Lipinski definition) is 2. The lowest BCUT2D eigenvalue weighted by atomic mass is 10.0. The third-order valence-corrected chi connectivity index (χ3v) is 5.87. The summed E-state index contributed by atoms with van der Waals surface area (Å²) in [6.07, 6.45) is 2.38. The molecule has 6 nitrogen and oxygen atoms in total. The Bertz CT molecular complexity index is 499. The van der Waals surface area contributed by atoms with Gasteiger partial charge < -0.3 is 15.3 Å². The normalized spacial score (nSPS) is 32.1. The van der Waals surface area contributed by atoms with E-state index in [1.54, 1.807) is 11.8 Å². The first kappa shape index (κ1) is 13.9. The molecule has 0 aliphatic carbocycles. The van der Waals surface area contributed by atoms with Crippen LogP contribution in [0.3, 0.4) is 0 Å². The van der Waals surface area contributed by atoms with Gasteiger partial charge in [0.2, 0.25) is 5.91 Å². The Kier molecular flexibility index (Phi) is 3.30. The third kappa shape index (κ3) is 2.04. The van der Waals surface area contributed by atoms with Crippen LogP contribution in [0.15, 0.2) is 11.3 Å². The number of rotatable bonds is 3. The third-order valence-electron chi connectivity index (χ3n) is 4.51. The molecule has 0 aromatic carbocycles. The molecule has 0 saturated carbocycles. The van der Waals surface area contributed by atoms with Crippen molar-refractivity contribution in [3.63, 3.8) is 0 Å². The second-order valence-electron chi connectivity index (χ2n) is 6.12. The van der Waals surface area contributed by atoms with Crippen LogP contribution in [0.1, 0.15) is 12.8 Å². The van der Waals surface area contributed by atoms with E-state index in [9.17, 15) is 14.7 Å². The minimum Gasteiger partial charge on any atom is -0.477 e. The zero-order valence-corrected chi connectivity index (χ0v) is 12.4. The van der Waals surface area contributed by atoms with Crippen LogP contribution in [0.25, 0.3) is 0 Å². The molecular formula is C13H20N3O3S+. The van der Waals surface area contributed by atoms with Crippen molar-refractivity contribution in [1.29, 1.82) is 0 Å². The summed E-state index contributed by atoms with van der Waals surface area (Å²) in [7, 11) is 2.17. The molecular weight excluding hydrogens is 278 g/mol. The number of carbonyl (C=O) groups excluding carboxylic acids is 1. The number of thioether (sulfide) groups is 1. The number of fused-ring (bicyclic) bond motifs is 1. The highest BCUT2D eigenvalue weighted by atomic mass is 32.2. The number of likely N-dealkylation sites (tertiary alicyclic amines) is 1. The lowest BCUT2D eigenvalue weighted by Crippen LogP contribution is -2.68. The van der Waals surface area contributed by atoms with E-state index >= 15 is 0 Å². The van der Waals surface area contributed by atoms with Gasteiger partial charge in [0.05, 0.1) is 20.1 Å². The number of carboxylic acid groups (broad SMARTS) is 1. The number of carbonyl (C=O) groups is 2. The summed E-state index contributed by atoms with van der Waals surface area (Å²) in [6, 6.07) is -0.549. The Hall–Kier alpha value is -1.05. The number of amides is 1. The maximum atomic E-state index is 11.9. The van der Waals surface area contributed by atoms with Crippen molar-refractivity contribution in [3.05, 3.63) is 11.3 Å². The van der Waals surface area contributed by atoms with Crippen molar-refractivity contribution >= 4 is 23.6 Å². The van der Waals surface area contributed by atoms with Crippen LogP contribution in [-0.4, -0.2) is 70.2 Å². The lowest BCUT2D eigenvalue weighted by Gasteiger charge is -2.48. The van der Waals surface area contributed by atoms with Gasteiger partial charge in [0, 0.05) is 24.2 Å². The standard InChI is InChI=1S/C13H19N3O3S/c1-16(4-2-3-5-16)6-8-7-20-12-9(14)11(17)15(12)10(8)13(18)19/h9,12H,2-7,14H2,1H3/p+1/t9?,12-/m1/s1. The first-order valence-electron chi connectivity index (χ1n) is 6.92. The fourth-order valence-electron chi connectivity index (χ4n) is 3.42. The summed E-state index contributed by atoms with van der Waals surface area (Å²) in [6.45, 7) is 2.89. The summed E-state index contributed by atoms with van der Waals surface area (Å²) in [5.41, 5.74) is 6.81. The van der Waals surface area contributed by atoms with Gasteiger partial charge in [-0.15, -0.1) is 11.8 Å². The summed E-state index contributed by atoms with van der Waals surface area (Å²) < 4.78 is 0.880. The van der Waals surface area contributed by atoms with Crippen LogP contribution >= 0.6 is 11.8 Å². The Morgan fingerprint density at radius 1 is 1.50 bits per heavy atom. The molecule has 3 aliphatic rings. The maximum Gasteiger partial charge on any atom is 0.352 e. The molecule has 2 saturated heterocycles. The minimum absolute atomic E-state index is 0.187. The van der Waals surface area contributed by atoms with Gasteiger partial charge in [-0.3, -0.25) is 9.69 Å². The number of nitrogens with two attached hydrogens (primary N) is 1. The van der Waals surface area contributed by atoms with Gasteiger partial charge >= 0.3 is 5.97 Å². The molecule has 3 rings (SSSR count). The number of quaternary nitrogens is 1. The predicted octanol–water partition coefficient (Wildman–Crippen LogP) is -0.192. The maximum absolute atomic E-state index is 11.9. The molecule has 0 bridgehead atoms. The smallest absolute Gasteiger partial charge is 0.352 e. The van der Waals surface area contributed by atoms with Gasteiger partial charge in [-0.05, 0) is 0 Å². The van der Waals surface area contributed by atoms with E-state index in [4.69, 9.17) is 5.73 Å². The van der Waals surface area contributed by atoms with Crippen LogP contribution in [0.2, 0.25) is 0 Å². The van der Waals surface area contributed by atoms with Gasteiger partial charge in [0.25, 0.3) is 0 Å². The number of likely N-dealkylation sites (N-methyl/N-ethyl adjacent to an activating group) is 1. The molecule has 20 heavy (non-hydrogen) atoms. The fourth-order valence-corrected chi connectivity index (χ4v) is 4.70. The molecule has 0 spiro atoms. The number of carboxylic acids is 1.